The number of hydrogen-bond acceptors (Lipinski definition) is 11. The summed E-state index contributed by atoms with van der Waals surface area (Å²) in [5.74, 6) is -2.53. The van der Waals surface area contributed by atoms with Crippen LogP contribution in [0.3, 0.4) is 0 Å². The molecule has 2 aliphatic heterocycles. The number of nitrogens with zero attached hydrogens (tertiary/aromatic N) is 3. The highest BCUT2D eigenvalue weighted by Gasteiger charge is 2.63. The van der Waals surface area contributed by atoms with Crippen LogP contribution in [-0.4, -0.2) is 108 Å². The molecule has 0 bridgehead atoms. The van der Waals surface area contributed by atoms with E-state index in [1.807, 2.05) is 32.9 Å². The first-order valence-corrected chi connectivity index (χ1v) is 20.4. The number of allylic oxidation sites excluding steroid dienone is 1. The van der Waals surface area contributed by atoms with Gasteiger partial charge in [-0.2, -0.15) is 0 Å². The number of hydrogen-bond donors (Lipinski definition) is 4. The van der Waals surface area contributed by atoms with E-state index in [0.29, 0.717) is 54.6 Å². The molecule has 6 rings (SSSR count). The SMILES string of the molecule is COC[C@@H]1C[C@@H](C)CC/C=C\[C@@H]2C[C@@]2(C(=O)NS(=O)(=O)C2(C)CC2)NC(=O)[C@@H]2C[C@@H](Oc3nc4cc(OC)ccc4nc3C(C)C)CN2C(=O)[C@H]1NC(=O)O. The van der Waals surface area contributed by atoms with Crippen LogP contribution in [0.2, 0.25) is 0 Å². The van der Waals surface area contributed by atoms with Gasteiger partial charge in [-0.25, -0.2) is 23.2 Å². The van der Waals surface area contributed by atoms with Crippen molar-refractivity contribution in [3.8, 4) is 11.6 Å². The molecule has 1 saturated heterocycles. The molecular weight excluding hydrogens is 733 g/mol. The van der Waals surface area contributed by atoms with Crippen molar-refractivity contribution in [3.63, 3.8) is 0 Å². The third kappa shape index (κ3) is 8.37. The molecule has 2 aliphatic carbocycles. The zero-order valence-electron chi connectivity index (χ0n) is 32.2. The van der Waals surface area contributed by atoms with Gasteiger partial charge in [-0.05, 0) is 63.5 Å². The summed E-state index contributed by atoms with van der Waals surface area (Å²) in [5, 5.41) is 15.2. The Morgan fingerprint density at radius 3 is 2.53 bits per heavy atom. The zero-order valence-corrected chi connectivity index (χ0v) is 33.0. The average Bonchev–Trinajstić information content (AvgIpc) is 4.01. The van der Waals surface area contributed by atoms with Gasteiger partial charge in [0.1, 0.15) is 35.2 Å². The minimum atomic E-state index is -4.02. The van der Waals surface area contributed by atoms with Gasteiger partial charge in [0.05, 0.1) is 36.0 Å². The van der Waals surface area contributed by atoms with Crippen LogP contribution in [0.25, 0.3) is 11.0 Å². The normalized spacial score (nSPS) is 29.9. The Morgan fingerprint density at radius 1 is 1.13 bits per heavy atom. The summed E-state index contributed by atoms with van der Waals surface area (Å²) in [4.78, 5) is 66.1. The maximum atomic E-state index is 14.7. The molecule has 0 radical (unpaired) electrons. The van der Waals surface area contributed by atoms with Gasteiger partial charge in [0.25, 0.3) is 5.91 Å². The lowest BCUT2D eigenvalue weighted by Gasteiger charge is -2.33. The number of ether oxygens (including phenoxy) is 3. The second-order valence-corrected chi connectivity index (χ2v) is 18.2. The summed E-state index contributed by atoms with van der Waals surface area (Å²) in [7, 11) is -1.00. The van der Waals surface area contributed by atoms with Crippen molar-refractivity contribution in [1.82, 2.24) is 30.2 Å². The molecule has 17 heteroatoms. The Labute approximate surface area is 321 Å². The van der Waals surface area contributed by atoms with Gasteiger partial charge in [0.2, 0.25) is 27.7 Å². The first kappa shape index (κ1) is 40.2. The van der Waals surface area contributed by atoms with Gasteiger partial charge in [-0.15, -0.1) is 0 Å². The number of carboxylic acid groups (broad SMARTS) is 1. The number of amides is 4. The fraction of sp³-hybridized carbons (Fsp3) is 0.632. The van der Waals surface area contributed by atoms with E-state index in [9.17, 15) is 32.7 Å². The largest absolute Gasteiger partial charge is 0.497 e. The lowest BCUT2D eigenvalue weighted by molar-refractivity contribution is -0.142. The highest BCUT2D eigenvalue weighted by molar-refractivity contribution is 7.91. The number of fused-ring (bicyclic) bond motifs is 3. The van der Waals surface area contributed by atoms with Crippen LogP contribution < -0.4 is 24.8 Å². The molecule has 0 unspecified atom stereocenters. The average molecular weight is 785 g/mol. The maximum absolute atomic E-state index is 14.7. The Kier molecular flexibility index (Phi) is 11.4. The van der Waals surface area contributed by atoms with Crippen molar-refractivity contribution >= 4 is 44.9 Å². The number of nitrogens with one attached hydrogen (secondary N) is 3. The topological polar surface area (TPSA) is 215 Å². The predicted molar refractivity (Wildman–Crippen MR) is 201 cm³/mol. The van der Waals surface area contributed by atoms with Crippen molar-refractivity contribution in [2.45, 2.75) is 107 Å². The van der Waals surface area contributed by atoms with Gasteiger partial charge in [-0.3, -0.25) is 19.1 Å². The molecular formula is C38H52N6O10S. The first-order chi connectivity index (χ1) is 26.0. The smallest absolute Gasteiger partial charge is 0.405 e. The van der Waals surface area contributed by atoms with Crippen LogP contribution in [0.4, 0.5) is 4.79 Å². The highest BCUT2D eigenvalue weighted by Crippen LogP contribution is 2.47. The number of aromatic nitrogens is 2. The van der Waals surface area contributed by atoms with Crippen molar-refractivity contribution in [1.29, 1.82) is 0 Å². The van der Waals surface area contributed by atoms with Crippen LogP contribution in [0.1, 0.15) is 84.3 Å². The molecule has 16 nitrogen and oxygen atoms in total. The standard InChI is InChI=1S/C38H52N6O10S/c1-21(2)30-33(40-28-16-25(53-6)11-12-27(28)39-30)54-26-17-29-32(45)42-38(35(47)43-55(50,51)37(4)13-14-37)18-24(38)10-8-7-9-22(3)15-23(20-52-5)31(41-36(48)49)34(46)44(29)19-26/h8,10-12,16,21-24,26,29,31,41H,7,9,13-15,17-20H2,1-6H3,(H,42,45)(H,43,47)(H,48,49)/b10-8-/t22-,23-,24+,26+,29-,31-,38+/m0/s1. The zero-order chi connectivity index (χ0) is 39.9. The van der Waals surface area contributed by atoms with Gasteiger partial charge >= 0.3 is 6.09 Å². The number of sulfonamides is 1. The number of benzene rings is 1. The maximum Gasteiger partial charge on any atom is 0.405 e. The fourth-order valence-electron chi connectivity index (χ4n) is 7.70. The van der Waals surface area contributed by atoms with Crippen LogP contribution in [-0.2, 0) is 29.1 Å². The molecule has 4 aliphatic rings. The highest BCUT2D eigenvalue weighted by atomic mass is 32.2. The monoisotopic (exact) mass is 784 g/mol. The molecule has 3 heterocycles. The van der Waals surface area contributed by atoms with Crippen LogP contribution in [0, 0.1) is 17.8 Å². The number of carbonyl (C=O) groups is 4. The Bertz CT molecular complexity index is 1970. The van der Waals surface area contributed by atoms with Crippen LogP contribution >= 0.6 is 0 Å². The quantitative estimate of drug-likeness (QED) is 0.256. The summed E-state index contributed by atoms with van der Waals surface area (Å²) >= 11 is 0. The Hall–Kier alpha value is -4.51. The number of methoxy groups -OCH3 is 2. The lowest BCUT2D eigenvalue weighted by Crippen LogP contribution is -2.59. The molecule has 2 saturated carbocycles. The van der Waals surface area contributed by atoms with E-state index in [0.717, 1.165) is 0 Å². The Morgan fingerprint density at radius 2 is 1.87 bits per heavy atom. The van der Waals surface area contributed by atoms with E-state index in [1.54, 1.807) is 32.2 Å². The molecule has 55 heavy (non-hydrogen) atoms. The van der Waals surface area contributed by atoms with E-state index in [-0.39, 0.29) is 43.7 Å². The van der Waals surface area contributed by atoms with Gasteiger partial charge in [0.15, 0.2) is 0 Å². The van der Waals surface area contributed by atoms with Crippen LogP contribution in [0.15, 0.2) is 30.4 Å². The predicted octanol–water partition coefficient (Wildman–Crippen LogP) is 3.26. The molecule has 4 N–H and O–H groups in total. The summed E-state index contributed by atoms with van der Waals surface area (Å²) in [6.07, 6.45) is 4.26. The summed E-state index contributed by atoms with van der Waals surface area (Å²) in [6.45, 7) is 7.42. The summed E-state index contributed by atoms with van der Waals surface area (Å²) in [5.41, 5.74) is 0.126. The second-order valence-electron chi connectivity index (χ2n) is 16.1. The summed E-state index contributed by atoms with van der Waals surface area (Å²) < 4.78 is 44.9. The van der Waals surface area contributed by atoms with Gasteiger partial charge in [-0.1, -0.05) is 32.9 Å². The van der Waals surface area contributed by atoms with E-state index in [1.165, 1.54) is 12.0 Å². The fourth-order valence-corrected chi connectivity index (χ4v) is 9.02. The lowest BCUT2D eigenvalue weighted by atomic mass is 9.87. The molecule has 4 amide bonds. The van der Waals surface area contributed by atoms with Crippen molar-refractivity contribution in [2.24, 2.45) is 17.8 Å². The third-order valence-electron chi connectivity index (χ3n) is 11.4. The summed E-state index contributed by atoms with van der Waals surface area (Å²) in [6, 6.07) is 2.81. The van der Waals surface area contributed by atoms with E-state index >= 15 is 0 Å². The van der Waals surface area contributed by atoms with E-state index in [2.05, 4.69) is 15.4 Å². The van der Waals surface area contributed by atoms with E-state index in [4.69, 9.17) is 24.2 Å². The molecule has 1 aromatic carbocycles. The minimum absolute atomic E-state index is 0.0351. The first-order valence-electron chi connectivity index (χ1n) is 18.9. The van der Waals surface area contributed by atoms with Gasteiger partial charge in [0, 0.05) is 37.4 Å². The third-order valence-corrected chi connectivity index (χ3v) is 13.6. The molecule has 7 atom stereocenters. The molecule has 300 valence electrons. The van der Waals surface area contributed by atoms with Crippen molar-refractivity contribution in [2.75, 3.05) is 27.4 Å². The van der Waals surface area contributed by atoms with Crippen molar-refractivity contribution in [3.05, 3.63) is 36.0 Å². The van der Waals surface area contributed by atoms with E-state index < -0.39 is 74.1 Å². The number of rotatable bonds is 10. The Balaban J connectivity index is 1.38. The van der Waals surface area contributed by atoms with Crippen LogP contribution in [0.5, 0.6) is 11.6 Å². The van der Waals surface area contributed by atoms with Gasteiger partial charge < -0.3 is 34.9 Å². The number of carbonyl (C=O) groups excluding carboxylic acids is 3. The molecule has 2 aromatic rings. The second kappa shape index (κ2) is 15.6. The van der Waals surface area contributed by atoms with Crippen molar-refractivity contribution < 1.29 is 46.9 Å². The minimum Gasteiger partial charge on any atom is -0.497 e. The molecule has 3 fully saturated rings. The molecule has 1 aromatic heterocycles. The molecule has 0 spiro atoms.